The normalized spacial score (nSPS) is 17.2. The van der Waals surface area contributed by atoms with E-state index in [4.69, 9.17) is 0 Å². The molecular formula is C16H24N2O. The average Bonchev–Trinajstić information content (AvgIpc) is 2.91. The van der Waals surface area contributed by atoms with Crippen LogP contribution in [0.5, 0.6) is 0 Å². The summed E-state index contributed by atoms with van der Waals surface area (Å²) in [5.41, 5.74) is 2.48. The van der Waals surface area contributed by atoms with Gasteiger partial charge in [-0.15, -0.1) is 0 Å². The topological polar surface area (TPSA) is 41.1 Å². The minimum absolute atomic E-state index is 0.0426. The average molecular weight is 260 g/mol. The number of hydrogen-bond acceptors (Lipinski definition) is 1. The number of nitrogens with one attached hydrogen (secondary N) is 2. The third-order valence-electron chi connectivity index (χ3n) is 3.93. The van der Waals surface area contributed by atoms with E-state index in [1.807, 2.05) is 6.92 Å². The summed E-state index contributed by atoms with van der Waals surface area (Å²) in [5.74, 6) is 0. The number of carbonyl (C=O) groups is 1. The van der Waals surface area contributed by atoms with Gasteiger partial charge in [-0.1, -0.05) is 44.0 Å². The molecule has 0 saturated heterocycles. The van der Waals surface area contributed by atoms with Crippen molar-refractivity contribution in [1.82, 2.24) is 10.6 Å². The van der Waals surface area contributed by atoms with E-state index in [0.717, 1.165) is 24.8 Å². The van der Waals surface area contributed by atoms with Gasteiger partial charge in [-0.05, 0) is 37.3 Å². The molecule has 3 nitrogen and oxygen atoms in total. The molecule has 1 aromatic carbocycles. The third kappa shape index (κ3) is 3.98. The molecule has 1 unspecified atom stereocenters. The van der Waals surface area contributed by atoms with Gasteiger partial charge in [0, 0.05) is 6.04 Å². The molecule has 0 heterocycles. The molecule has 1 atom stereocenters. The van der Waals surface area contributed by atoms with Crippen molar-refractivity contribution in [3.8, 4) is 0 Å². The summed E-state index contributed by atoms with van der Waals surface area (Å²) in [5, 5.41) is 6.06. The molecule has 19 heavy (non-hydrogen) atoms. The maximum atomic E-state index is 11.9. The number of amides is 2. The molecule has 2 amide bonds. The molecule has 2 rings (SSSR count). The lowest BCUT2D eigenvalue weighted by Crippen LogP contribution is -2.41. The lowest BCUT2D eigenvalue weighted by Gasteiger charge is -2.18. The molecular weight excluding hydrogens is 236 g/mol. The summed E-state index contributed by atoms with van der Waals surface area (Å²) in [6, 6.07) is 8.82. The number of benzene rings is 1. The highest BCUT2D eigenvalue weighted by atomic mass is 16.2. The van der Waals surface area contributed by atoms with E-state index in [1.165, 1.54) is 18.4 Å². The van der Waals surface area contributed by atoms with Crippen LogP contribution in [0, 0.1) is 0 Å². The Kier molecular flexibility index (Phi) is 4.83. The molecule has 1 aliphatic carbocycles. The summed E-state index contributed by atoms with van der Waals surface area (Å²) in [4.78, 5) is 11.9. The summed E-state index contributed by atoms with van der Waals surface area (Å²) < 4.78 is 0. The monoisotopic (exact) mass is 260 g/mol. The van der Waals surface area contributed by atoms with Crippen molar-refractivity contribution in [3.05, 3.63) is 35.4 Å². The zero-order valence-electron chi connectivity index (χ0n) is 11.9. The van der Waals surface area contributed by atoms with E-state index >= 15 is 0 Å². The highest BCUT2D eigenvalue weighted by Crippen LogP contribution is 2.18. The van der Waals surface area contributed by atoms with E-state index in [2.05, 4.69) is 41.8 Å². The van der Waals surface area contributed by atoms with E-state index in [0.29, 0.717) is 6.04 Å². The highest BCUT2D eigenvalue weighted by Gasteiger charge is 2.18. The van der Waals surface area contributed by atoms with Gasteiger partial charge in [0.05, 0.1) is 6.04 Å². The van der Waals surface area contributed by atoms with Gasteiger partial charge in [-0.3, -0.25) is 0 Å². The van der Waals surface area contributed by atoms with Gasteiger partial charge in [0.25, 0.3) is 0 Å². The molecule has 104 valence electrons. The fraction of sp³-hybridized carbons (Fsp3) is 0.562. The van der Waals surface area contributed by atoms with Gasteiger partial charge in [-0.2, -0.15) is 0 Å². The van der Waals surface area contributed by atoms with Crippen LogP contribution in [0.15, 0.2) is 24.3 Å². The second kappa shape index (κ2) is 6.60. The minimum Gasteiger partial charge on any atom is -0.335 e. The molecule has 2 N–H and O–H groups in total. The third-order valence-corrected chi connectivity index (χ3v) is 3.93. The Morgan fingerprint density at radius 2 is 1.89 bits per heavy atom. The van der Waals surface area contributed by atoms with Crippen molar-refractivity contribution < 1.29 is 4.79 Å². The van der Waals surface area contributed by atoms with Crippen LogP contribution in [0.4, 0.5) is 4.79 Å². The first-order chi connectivity index (χ1) is 9.19. The number of hydrogen-bond donors (Lipinski definition) is 2. The summed E-state index contributed by atoms with van der Waals surface area (Å²) in [7, 11) is 0. The standard InChI is InChI=1S/C16H24N2O/c1-3-13-8-10-14(11-9-13)12(2)17-16(19)18-15-6-4-5-7-15/h8-12,15H,3-7H2,1-2H3,(H2,17,18,19). The number of carbonyl (C=O) groups excluding carboxylic acids is 1. The summed E-state index contributed by atoms with van der Waals surface area (Å²) >= 11 is 0. The maximum absolute atomic E-state index is 11.9. The van der Waals surface area contributed by atoms with Gasteiger partial charge in [0.15, 0.2) is 0 Å². The van der Waals surface area contributed by atoms with Crippen molar-refractivity contribution in [2.75, 3.05) is 0 Å². The van der Waals surface area contributed by atoms with Crippen LogP contribution in [0.3, 0.4) is 0 Å². The second-order valence-electron chi connectivity index (χ2n) is 5.42. The zero-order chi connectivity index (χ0) is 13.7. The summed E-state index contributed by atoms with van der Waals surface area (Å²) in [6.07, 6.45) is 5.75. The van der Waals surface area contributed by atoms with E-state index in [9.17, 15) is 4.79 Å². The molecule has 1 fully saturated rings. The van der Waals surface area contributed by atoms with E-state index < -0.39 is 0 Å². The molecule has 0 aliphatic heterocycles. The zero-order valence-corrected chi connectivity index (χ0v) is 11.9. The Labute approximate surface area is 115 Å². The fourth-order valence-corrected chi connectivity index (χ4v) is 2.62. The molecule has 0 aromatic heterocycles. The molecule has 0 bridgehead atoms. The second-order valence-corrected chi connectivity index (χ2v) is 5.42. The Hall–Kier alpha value is -1.51. The van der Waals surface area contributed by atoms with Crippen LogP contribution in [0.1, 0.15) is 56.7 Å². The molecule has 1 saturated carbocycles. The Bertz CT molecular complexity index is 407. The predicted molar refractivity (Wildman–Crippen MR) is 78.2 cm³/mol. The van der Waals surface area contributed by atoms with Crippen LogP contribution in [0.25, 0.3) is 0 Å². The van der Waals surface area contributed by atoms with Crippen LogP contribution < -0.4 is 10.6 Å². The molecule has 1 aromatic rings. The number of urea groups is 1. The van der Waals surface area contributed by atoms with E-state index in [1.54, 1.807) is 0 Å². The Morgan fingerprint density at radius 1 is 1.26 bits per heavy atom. The van der Waals surface area contributed by atoms with Crippen LogP contribution in [-0.2, 0) is 6.42 Å². The first kappa shape index (κ1) is 13.9. The molecule has 0 radical (unpaired) electrons. The van der Waals surface area contributed by atoms with E-state index in [-0.39, 0.29) is 12.1 Å². The largest absolute Gasteiger partial charge is 0.335 e. The Morgan fingerprint density at radius 3 is 2.47 bits per heavy atom. The number of rotatable bonds is 4. The van der Waals surface area contributed by atoms with Gasteiger partial charge >= 0.3 is 6.03 Å². The van der Waals surface area contributed by atoms with Gasteiger partial charge in [-0.25, -0.2) is 4.79 Å². The van der Waals surface area contributed by atoms with Crippen molar-refractivity contribution >= 4 is 6.03 Å². The molecule has 3 heteroatoms. The van der Waals surface area contributed by atoms with Crippen LogP contribution in [0.2, 0.25) is 0 Å². The predicted octanol–water partition coefficient (Wildman–Crippen LogP) is 3.55. The van der Waals surface area contributed by atoms with Crippen molar-refractivity contribution in [2.24, 2.45) is 0 Å². The van der Waals surface area contributed by atoms with Crippen LogP contribution >= 0.6 is 0 Å². The molecule has 1 aliphatic rings. The highest BCUT2D eigenvalue weighted by molar-refractivity contribution is 5.74. The smallest absolute Gasteiger partial charge is 0.315 e. The van der Waals surface area contributed by atoms with Crippen molar-refractivity contribution in [3.63, 3.8) is 0 Å². The summed E-state index contributed by atoms with van der Waals surface area (Å²) in [6.45, 7) is 4.17. The van der Waals surface area contributed by atoms with Gasteiger partial charge in [0.1, 0.15) is 0 Å². The SMILES string of the molecule is CCc1ccc(C(C)NC(=O)NC2CCCC2)cc1. The molecule has 0 spiro atoms. The van der Waals surface area contributed by atoms with Crippen molar-refractivity contribution in [1.29, 1.82) is 0 Å². The van der Waals surface area contributed by atoms with Crippen LogP contribution in [-0.4, -0.2) is 12.1 Å². The van der Waals surface area contributed by atoms with Crippen molar-refractivity contribution in [2.45, 2.75) is 58.0 Å². The Balaban J connectivity index is 1.84. The van der Waals surface area contributed by atoms with Gasteiger partial charge in [0.2, 0.25) is 0 Å². The maximum Gasteiger partial charge on any atom is 0.315 e. The quantitative estimate of drug-likeness (QED) is 0.854. The minimum atomic E-state index is -0.0426. The first-order valence-corrected chi connectivity index (χ1v) is 7.35. The lowest BCUT2D eigenvalue weighted by atomic mass is 10.1. The lowest BCUT2D eigenvalue weighted by molar-refractivity contribution is 0.234. The number of aryl methyl sites for hydroxylation is 1. The first-order valence-electron chi connectivity index (χ1n) is 7.35. The fourth-order valence-electron chi connectivity index (χ4n) is 2.62. The van der Waals surface area contributed by atoms with Gasteiger partial charge < -0.3 is 10.6 Å².